The van der Waals surface area contributed by atoms with Crippen LogP contribution in [0, 0.1) is 0 Å². The van der Waals surface area contributed by atoms with E-state index in [4.69, 9.17) is 34.0 Å². The van der Waals surface area contributed by atoms with Crippen molar-refractivity contribution >= 4 is 51.3 Å². The Morgan fingerprint density at radius 1 is 0.627 bits per heavy atom. The van der Waals surface area contributed by atoms with Gasteiger partial charge >= 0.3 is 17.9 Å². The Kier molecular flexibility index (Phi) is 15.4. The summed E-state index contributed by atoms with van der Waals surface area (Å²) < 4.78 is 25.2. The smallest absolute Gasteiger partial charge is 0.338 e. The molecule has 352 valence electrons. The van der Waals surface area contributed by atoms with Crippen LogP contribution >= 0.6 is 0 Å². The number of imidazole rings is 2. The molecular weight excluding hydrogens is 849 g/mol. The summed E-state index contributed by atoms with van der Waals surface area (Å²) in [5.74, 6) is 0.226. The van der Waals surface area contributed by atoms with Gasteiger partial charge in [-0.2, -0.15) is 0 Å². The van der Waals surface area contributed by atoms with Gasteiger partial charge in [-0.3, -0.25) is 0 Å². The van der Waals surface area contributed by atoms with Gasteiger partial charge in [0.1, 0.15) is 24.2 Å². The average Bonchev–Trinajstić information content (AvgIpc) is 4.20. The molecule has 3 aliphatic carbocycles. The Morgan fingerprint density at radius 2 is 1.07 bits per heavy atom. The second-order valence-electron chi connectivity index (χ2n) is 17.7. The number of aromatic nitrogens is 4. The molecule has 10 rings (SSSR count). The van der Waals surface area contributed by atoms with Crippen LogP contribution in [-0.4, -0.2) is 61.4 Å². The minimum atomic E-state index is -0.927. The van der Waals surface area contributed by atoms with Crippen molar-refractivity contribution in [3.8, 4) is 22.8 Å². The Hall–Kier alpha value is -6.83. The Balaban J connectivity index is 0.000000138. The van der Waals surface area contributed by atoms with Crippen molar-refractivity contribution in [3.05, 3.63) is 108 Å². The maximum atomic E-state index is 12.0. The number of nitrogen functional groups attached to an aromatic ring is 1. The molecule has 3 aliphatic rings. The maximum Gasteiger partial charge on any atom is 0.338 e. The van der Waals surface area contributed by atoms with Crippen molar-refractivity contribution in [1.82, 2.24) is 19.1 Å². The highest BCUT2D eigenvalue weighted by molar-refractivity contribution is 5.95. The van der Waals surface area contributed by atoms with E-state index in [-0.39, 0.29) is 17.5 Å². The predicted octanol–water partition coefficient (Wildman–Crippen LogP) is 12.7. The zero-order valence-corrected chi connectivity index (χ0v) is 38.6. The first-order chi connectivity index (χ1) is 32.7. The summed E-state index contributed by atoms with van der Waals surface area (Å²) in [5, 5.41) is 12.7. The van der Waals surface area contributed by atoms with Crippen molar-refractivity contribution in [2.75, 3.05) is 24.3 Å². The van der Waals surface area contributed by atoms with Crippen molar-refractivity contribution in [2.45, 2.75) is 128 Å². The fourth-order valence-electron chi connectivity index (χ4n) is 9.78. The molecule has 4 N–H and O–H groups in total. The lowest BCUT2D eigenvalue weighted by Gasteiger charge is -2.25. The van der Waals surface area contributed by atoms with Gasteiger partial charge < -0.3 is 43.6 Å². The van der Waals surface area contributed by atoms with Gasteiger partial charge in [0, 0.05) is 18.1 Å². The molecular formula is C53H62N6O8. The third kappa shape index (κ3) is 11.1. The number of carbonyl (C=O) groups excluding carboxylic acids is 2. The molecule has 0 atom stereocenters. The quantitative estimate of drug-likeness (QED) is 0.0823. The SMILES string of the molecule is CCOC(=O)c1ccc(NC2CCCCC2)c(N)c1.CCOC(=O)c1ccc2c(c1)nc(-c1ccoc1)n2C1CCCCC1.O=C(O)c1ccc2c(c1)nc(-c1ccoc1)n2C1CCCCC1. The fourth-order valence-corrected chi connectivity index (χ4v) is 9.78. The third-order valence-electron chi connectivity index (χ3n) is 13.1. The lowest BCUT2D eigenvalue weighted by Crippen LogP contribution is -2.22. The second kappa shape index (κ2) is 22.1. The van der Waals surface area contributed by atoms with Crippen LogP contribution in [0.4, 0.5) is 11.4 Å². The van der Waals surface area contributed by atoms with E-state index in [0.717, 1.165) is 76.2 Å². The molecule has 14 nitrogen and oxygen atoms in total. The zero-order chi connectivity index (χ0) is 46.7. The summed E-state index contributed by atoms with van der Waals surface area (Å²) in [4.78, 5) is 44.4. The fraction of sp³-hybridized carbons (Fsp3) is 0.415. The Morgan fingerprint density at radius 3 is 1.52 bits per heavy atom. The number of furan rings is 2. The number of hydrogen-bond acceptors (Lipinski definition) is 11. The number of aromatic carboxylic acids is 1. The van der Waals surface area contributed by atoms with Crippen LogP contribution in [0.25, 0.3) is 44.8 Å². The van der Waals surface area contributed by atoms with Gasteiger partial charge in [-0.25, -0.2) is 24.4 Å². The molecule has 0 bridgehead atoms. The van der Waals surface area contributed by atoms with Crippen molar-refractivity contribution in [3.63, 3.8) is 0 Å². The maximum absolute atomic E-state index is 12.0. The molecule has 3 aromatic carbocycles. The molecule has 0 amide bonds. The van der Waals surface area contributed by atoms with E-state index in [1.165, 1.54) is 70.6 Å². The van der Waals surface area contributed by atoms with Crippen LogP contribution in [0.5, 0.6) is 0 Å². The summed E-state index contributed by atoms with van der Waals surface area (Å²) in [5.41, 5.74) is 14.4. The van der Waals surface area contributed by atoms with Crippen LogP contribution in [-0.2, 0) is 9.47 Å². The highest BCUT2D eigenvalue weighted by atomic mass is 16.5. The van der Waals surface area contributed by atoms with E-state index < -0.39 is 5.97 Å². The number of carboxylic acids is 1. The number of carboxylic acid groups (broad SMARTS) is 1. The summed E-state index contributed by atoms with van der Waals surface area (Å²) in [7, 11) is 0. The molecule has 0 saturated heterocycles. The summed E-state index contributed by atoms with van der Waals surface area (Å²) in [6.07, 6.45) is 25.1. The normalized spacial score (nSPS) is 15.9. The number of fused-ring (bicyclic) bond motifs is 2. The van der Waals surface area contributed by atoms with E-state index in [2.05, 4.69) is 14.5 Å². The van der Waals surface area contributed by atoms with Gasteiger partial charge in [0.25, 0.3) is 0 Å². The topological polar surface area (TPSA) is 190 Å². The molecule has 4 heterocycles. The number of nitrogens with two attached hydrogens (primary N) is 1. The summed E-state index contributed by atoms with van der Waals surface area (Å²) in [6, 6.07) is 21.4. The molecule has 0 aliphatic heterocycles. The van der Waals surface area contributed by atoms with Crippen LogP contribution < -0.4 is 11.1 Å². The highest BCUT2D eigenvalue weighted by Gasteiger charge is 2.25. The monoisotopic (exact) mass is 910 g/mol. The third-order valence-corrected chi connectivity index (χ3v) is 13.1. The van der Waals surface area contributed by atoms with Gasteiger partial charge in [0.2, 0.25) is 0 Å². The number of nitrogens with one attached hydrogen (secondary N) is 1. The zero-order valence-electron chi connectivity index (χ0n) is 38.6. The molecule has 0 spiro atoms. The highest BCUT2D eigenvalue weighted by Crippen LogP contribution is 2.38. The molecule has 3 saturated carbocycles. The first-order valence-electron chi connectivity index (χ1n) is 24.0. The number of benzene rings is 3. The Labute approximate surface area is 390 Å². The van der Waals surface area contributed by atoms with E-state index in [1.807, 2.05) is 49.4 Å². The summed E-state index contributed by atoms with van der Waals surface area (Å²) in [6.45, 7) is 4.35. The predicted molar refractivity (Wildman–Crippen MR) is 259 cm³/mol. The van der Waals surface area contributed by atoms with E-state index in [9.17, 15) is 19.5 Å². The van der Waals surface area contributed by atoms with Gasteiger partial charge in [-0.05, 0) is 119 Å². The number of ether oxygens (including phenoxy) is 2. The first kappa shape index (κ1) is 46.7. The largest absolute Gasteiger partial charge is 0.478 e. The van der Waals surface area contributed by atoms with Gasteiger partial charge in [-0.1, -0.05) is 57.8 Å². The van der Waals surface area contributed by atoms with Crippen LogP contribution in [0.1, 0.15) is 153 Å². The second-order valence-corrected chi connectivity index (χ2v) is 17.7. The van der Waals surface area contributed by atoms with E-state index >= 15 is 0 Å². The van der Waals surface area contributed by atoms with Gasteiger partial charge in [0.15, 0.2) is 0 Å². The van der Waals surface area contributed by atoms with Gasteiger partial charge in [0.05, 0.1) is 87.0 Å². The van der Waals surface area contributed by atoms with Crippen LogP contribution in [0.2, 0.25) is 0 Å². The standard InChI is InChI=1S/C20H22N2O3.C18H18N2O3.C15H22N2O2/c1-2-25-20(23)14-8-9-18-17(12-14)21-19(15-10-11-24-13-15)22(18)16-6-4-3-5-7-16;21-18(22)12-6-7-16-15(10-12)19-17(13-8-9-23-11-13)20(16)14-4-2-1-3-5-14;1-2-19-15(18)11-8-9-14(13(16)10-11)17-12-6-4-3-5-7-12/h8-13,16H,2-7H2,1H3;6-11,14H,1-5H2,(H,21,22);8-10,12,17H,2-7,16H2,1H3. The lowest BCUT2D eigenvalue weighted by molar-refractivity contribution is 0.0517. The number of carbonyl (C=O) groups is 3. The Bertz CT molecular complexity index is 2740. The van der Waals surface area contributed by atoms with Crippen molar-refractivity contribution in [2.24, 2.45) is 0 Å². The number of nitrogens with zero attached hydrogens (tertiary/aromatic N) is 4. The number of hydrogen-bond donors (Lipinski definition) is 3. The molecule has 67 heavy (non-hydrogen) atoms. The van der Waals surface area contributed by atoms with Crippen molar-refractivity contribution in [1.29, 1.82) is 0 Å². The first-order valence-corrected chi connectivity index (χ1v) is 24.0. The molecule has 14 heteroatoms. The minimum absolute atomic E-state index is 0.268. The molecule has 3 fully saturated rings. The molecule has 4 aromatic heterocycles. The number of rotatable bonds is 11. The number of esters is 2. The summed E-state index contributed by atoms with van der Waals surface area (Å²) >= 11 is 0. The van der Waals surface area contributed by atoms with E-state index in [0.29, 0.717) is 48.2 Å². The van der Waals surface area contributed by atoms with Crippen LogP contribution in [0.15, 0.2) is 101 Å². The van der Waals surface area contributed by atoms with E-state index in [1.54, 1.807) is 56.2 Å². The minimum Gasteiger partial charge on any atom is -0.478 e. The van der Waals surface area contributed by atoms with Crippen LogP contribution in [0.3, 0.4) is 0 Å². The molecule has 0 unspecified atom stereocenters. The van der Waals surface area contributed by atoms with Gasteiger partial charge in [-0.15, -0.1) is 0 Å². The molecule has 7 aromatic rings. The molecule has 0 radical (unpaired) electrons. The lowest BCUT2D eigenvalue weighted by atomic mass is 9.95. The van der Waals surface area contributed by atoms with Crippen molar-refractivity contribution < 1.29 is 37.8 Å². The average molecular weight is 911 g/mol. The number of anilines is 2.